The van der Waals surface area contributed by atoms with Gasteiger partial charge in [0, 0.05) is 30.3 Å². The van der Waals surface area contributed by atoms with Gasteiger partial charge in [-0.3, -0.25) is 4.79 Å². The number of benzene rings is 1. The summed E-state index contributed by atoms with van der Waals surface area (Å²) in [6.07, 6.45) is 2.60. The Bertz CT molecular complexity index is 486. The zero-order valence-corrected chi connectivity index (χ0v) is 15.3. The number of ether oxygens (including phenoxy) is 1. The molecule has 1 aliphatic rings. The summed E-state index contributed by atoms with van der Waals surface area (Å²) < 4.78 is 5.67. The van der Waals surface area contributed by atoms with E-state index in [0.717, 1.165) is 37.2 Å². The highest BCUT2D eigenvalue weighted by atomic mass is 35.5. The number of likely N-dealkylation sites (N-methyl/N-ethyl adjacent to an activating group) is 1. The van der Waals surface area contributed by atoms with Gasteiger partial charge in [0.2, 0.25) is 5.91 Å². The largest absolute Gasteiger partial charge is 0.492 e. The van der Waals surface area contributed by atoms with E-state index in [1.54, 1.807) is 0 Å². The second-order valence-electron chi connectivity index (χ2n) is 5.94. The highest BCUT2D eigenvalue weighted by molar-refractivity contribution is 5.92. The lowest BCUT2D eigenvalue weighted by Crippen LogP contribution is -2.23. The van der Waals surface area contributed by atoms with Gasteiger partial charge in [-0.2, -0.15) is 0 Å². The predicted octanol–water partition coefficient (Wildman–Crippen LogP) is 2.54. The van der Waals surface area contributed by atoms with Gasteiger partial charge in [-0.15, -0.1) is 24.8 Å². The molecule has 2 rings (SSSR count). The summed E-state index contributed by atoms with van der Waals surface area (Å²) in [7, 11) is 4.01. The summed E-state index contributed by atoms with van der Waals surface area (Å²) in [5.41, 5.74) is 6.64. The van der Waals surface area contributed by atoms with Crippen molar-refractivity contribution in [3.8, 4) is 5.75 Å². The van der Waals surface area contributed by atoms with E-state index >= 15 is 0 Å². The molecule has 132 valence electrons. The Morgan fingerprint density at radius 1 is 1.35 bits per heavy atom. The minimum Gasteiger partial charge on any atom is -0.492 e. The van der Waals surface area contributed by atoms with Gasteiger partial charge in [0.05, 0.1) is 0 Å². The van der Waals surface area contributed by atoms with E-state index in [2.05, 4.69) is 10.2 Å². The lowest BCUT2D eigenvalue weighted by atomic mass is 10.1. The van der Waals surface area contributed by atoms with Crippen molar-refractivity contribution >= 4 is 36.4 Å². The van der Waals surface area contributed by atoms with Crippen LogP contribution in [-0.4, -0.2) is 44.1 Å². The Morgan fingerprint density at radius 2 is 2.09 bits per heavy atom. The maximum atomic E-state index is 12.2. The molecule has 0 aliphatic heterocycles. The molecule has 1 aromatic rings. The van der Waals surface area contributed by atoms with Crippen LogP contribution in [-0.2, 0) is 4.79 Å². The Balaban J connectivity index is 0.00000242. The average molecular weight is 364 g/mol. The average Bonchev–Trinajstić information content (AvgIpc) is 2.85. The number of amides is 1. The fourth-order valence-corrected chi connectivity index (χ4v) is 2.51. The van der Waals surface area contributed by atoms with Gasteiger partial charge in [0.15, 0.2) is 0 Å². The maximum Gasteiger partial charge on any atom is 0.227 e. The SMILES string of the molecule is CN(C)CCOc1cccc(NC(=O)C2CCC(N)C2)c1.Cl.Cl. The molecule has 23 heavy (non-hydrogen) atoms. The Labute approximate surface area is 150 Å². The Morgan fingerprint density at radius 3 is 2.70 bits per heavy atom. The minimum absolute atomic E-state index is 0. The highest BCUT2D eigenvalue weighted by Gasteiger charge is 2.27. The standard InChI is InChI=1S/C16H25N3O2.2ClH/c1-19(2)8-9-21-15-5-3-4-14(11-15)18-16(20)12-6-7-13(17)10-12;;/h3-5,11-13H,6-10,17H2,1-2H3,(H,18,20);2*1H. The smallest absolute Gasteiger partial charge is 0.227 e. The van der Waals surface area contributed by atoms with E-state index in [1.165, 1.54) is 0 Å². The third-order valence-electron chi connectivity index (χ3n) is 3.75. The van der Waals surface area contributed by atoms with Crippen LogP contribution in [0.25, 0.3) is 0 Å². The fourth-order valence-electron chi connectivity index (χ4n) is 2.51. The first-order valence-corrected chi connectivity index (χ1v) is 7.48. The number of halogens is 2. The summed E-state index contributed by atoms with van der Waals surface area (Å²) in [5, 5.41) is 2.96. The van der Waals surface area contributed by atoms with Gasteiger partial charge in [-0.05, 0) is 45.5 Å². The predicted molar refractivity (Wildman–Crippen MR) is 98.9 cm³/mol. The molecule has 0 saturated heterocycles. The first-order chi connectivity index (χ1) is 10.0. The summed E-state index contributed by atoms with van der Waals surface area (Å²) >= 11 is 0. The van der Waals surface area contributed by atoms with E-state index in [0.29, 0.717) is 6.61 Å². The molecular weight excluding hydrogens is 337 g/mol. The zero-order valence-electron chi connectivity index (χ0n) is 13.7. The van der Waals surface area contributed by atoms with Crippen molar-refractivity contribution in [1.82, 2.24) is 4.90 Å². The van der Waals surface area contributed by atoms with Crippen molar-refractivity contribution < 1.29 is 9.53 Å². The number of nitrogens with two attached hydrogens (primary N) is 1. The number of carbonyl (C=O) groups is 1. The monoisotopic (exact) mass is 363 g/mol. The molecule has 2 unspecified atom stereocenters. The van der Waals surface area contributed by atoms with E-state index in [4.69, 9.17) is 10.5 Å². The number of rotatable bonds is 6. The van der Waals surface area contributed by atoms with E-state index in [-0.39, 0.29) is 42.7 Å². The van der Waals surface area contributed by atoms with Gasteiger partial charge >= 0.3 is 0 Å². The van der Waals surface area contributed by atoms with Crippen molar-refractivity contribution in [3.05, 3.63) is 24.3 Å². The van der Waals surface area contributed by atoms with E-state index < -0.39 is 0 Å². The van der Waals surface area contributed by atoms with Crippen LogP contribution >= 0.6 is 24.8 Å². The minimum atomic E-state index is 0. The number of hydrogen-bond acceptors (Lipinski definition) is 4. The molecule has 5 nitrogen and oxygen atoms in total. The molecule has 0 aromatic heterocycles. The number of hydrogen-bond donors (Lipinski definition) is 2. The normalized spacial score (nSPS) is 19.7. The van der Waals surface area contributed by atoms with Gasteiger partial charge < -0.3 is 20.7 Å². The van der Waals surface area contributed by atoms with Crippen LogP contribution in [0.5, 0.6) is 5.75 Å². The van der Waals surface area contributed by atoms with Gasteiger partial charge in [0.1, 0.15) is 12.4 Å². The third-order valence-corrected chi connectivity index (χ3v) is 3.75. The quantitative estimate of drug-likeness (QED) is 0.814. The first-order valence-electron chi connectivity index (χ1n) is 7.48. The van der Waals surface area contributed by atoms with Crippen molar-refractivity contribution in [2.75, 3.05) is 32.6 Å². The van der Waals surface area contributed by atoms with Crippen molar-refractivity contribution in [2.24, 2.45) is 11.7 Å². The van der Waals surface area contributed by atoms with Crippen LogP contribution in [0.1, 0.15) is 19.3 Å². The first kappa shape index (κ1) is 22.0. The molecule has 0 radical (unpaired) electrons. The molecule has 3 N–H and O–H groups in total. The van der Waals surface area contributed by atoms with Crippen molar-refractivity contribution in [1.29, 1.82) is 0 Å². The summed E-state index contributed by atoms with van der Waals surface area (Å²) in [5.74, 6) is 0.879. The molecule has 1 fully saturated rings. The zero-order chi connectivity index (χ0) is 15.2. The molecule has 1 saturated carbocycles. The number of anilines is 1. The molecule has 1 aromatic carbocycles. The van der Waals surface area contributed by atoms with E-state index in [9.17, 15) is 4.79 Å². The summed E-state index contributed by atoms with van der Waals surface area (Å²) in [4.78, 5) is 14.2. The van der Waals surface area contributed by atoms with Crippen LogP contribution in [0.2, 0.25) is 0 Å². The number of carbonyl (C=O) groups excluding carboxylic acids is 1. The number of nitrogens with zero attached hydrogens (tertiary/aromatic N) is 1. The van der Waals surface area contributed by atoms with Crippen LogP contribution in [0.3, 0.4) is 0 Å². The molecule has 0 spiro atoms. The van der Waals surface area contributed by atoms with E-state index in [1.807, 2.05) is 38.4 Å². The molecule has 0 bridgehead atoms. The van der Waals surface area contributed by atoms with Crippen LogP contribution in [0, 0.1) is 5.92 Å². The van der Waals surface area contributed by atoms with Gasteiger partial charge in [-0.1, -0.05) is 6.07 Å². The number of nitrogens with one attached hydrogen (secondary N) is 1. The molecular formula is C16H27Cl2N3O2. The molecule has 1 aliphatic carbocycles. The Hall–Kier alpha value is -1.01. The third kappa shape index (κ3) is 7.40. The summed E-state index contributed by atoms with van der Waals surface area (Å²) in [6, 6.07) is 7.70. The second kappa shape index (κ2) is 10.7. The molecule has 1 amide bonds. The second-order valence-corrected chi connectivity index (χ2v) is 5.94. The summed E-state index contributed by atoms with van der Waals surface area (Å²) in [6.45, 7) is 1.48. The lowest BCUT2D eigenvalue weighted by molar-refractivity contribution is -0.119. The van der Waals surface area contributed by atoms with Crippen LogP contribution in [0.15, 0.2) is 24.3 Å². The molecule has 0 heterocycles. The van der Waals surface area contributed by atoms with Crippen LogP contribution in [0.4, 0.5) is 5.69 Å². The maximum absolute atomic E-state index is 12.2. The van der Waals surface area contributed by atoms with Gasteiger partial charge in [0.25, 0.3) is 0 Å². The lowest BCUT2D eigenvalue weighted by Gasteiger charge is -2.13. The molecule has 7 heteroatoms. The van der Waals surface area contributed by atoms with Crippen molar-refractivity contribution in [3.63, 3.8) is 0 Å². The van der Waals surface area contributed by atoms with Crippen molar-refractivity contribution in [2.45, 2.75) is 25.3 Å². The van der Waals surface area contributed by atoms with Gasteiger partial charge in [-0.25, -0.2) is 0 Å². The topological polar surface area (TPSA) is 67.6 Å². The molecule has 2 atom stereocenters. The fraction of sp³-hybridized carbons (Fsp3) is 0.562. The van der Waals surface area contributed by atoms with Crippen LogP contribution < -0.4 is 15.8 Å². The Kier molecular flexibility index (Phi) is 10.2. The highest BCUT2D eigenvalue weighted by Crippen LogP contribution is 2.26.